The van der Waals surface area contributed by atoms with Gasteiger partial charge in [-0.25, -0.2) is 0 Å². The summed E-state index contributed by atoms with van der Waals surface area (Å²) in [6, 6.07) is 32.3. The summed E-state index contributed by atoms with van der Waals surface area (Å²) in [4.78, 5) is 0. The van der Waals surface area contributed by atoms with Gasteiger partial charge in [-0.1, -0.05) is 97.1 Å². The lowest BCUT2D eigenvalue weighted by atomic mass is 9.76. The maximum absolute atomic E-state index is 9.54. The maximum Gasteiger partial charge on any atom is 0.0950 e. The van der Waals surface area contributed by atoms with E-state index in [1.807, 2.05) is 0 Å². The third kappa shape index (κ3) is 3.46. The fourth-order valence-corrected chi connectivity index (χ4v) is 4.15. The second-order valence-electron chi connectivity index (χ2n) is 7.15. The topological polar surface area (TPSA) is 32.3 Å². The average Bonchev–Trinajstić information content (AvgIpc) is 3.21. The summed E-state index contributed by atoms with van der Waals surface area (Å²) in [5, 5.41) is 13.5. The van der Waals surface area contributed by atoms with E-state index in [1.165, 1.54) is 16.7 Å². The molecule has 0 radical (unpaired) electrons. The summed E-state index contributed by atoms with van der Waals surface area (Å²) in [7, 11) is 0. The molecule has 27 heavy (non-hydrogen) atoms. The Kier molecular flexibility index (Phi) is 5.19. The molecule has 0 aromatic heterocycles. The Morgan fingerprint density at radius 3 is 1.56 bits per heavy atom. The van der Waals surface area contributed by atoms with Gasteiger partial charge in [-0.3, -0.25) is 5.32 Å². The van der Waals surface area contributed by atoms with Gasteiger partial charge in [-0.15, -0.1) is 0 Å². The van der Waals surface area contributed by atoms with Gasteiger partial charge in [0.1, 0.15) is 0 Å². The van der Waals surface area contributed by atoms with Crippen LogP contribution >= 0.6 is 0 Å². The second kappa shape index (κ2) is 7.91. The first kappa shape index (κ1) is 17.7. The predicted molar refractivity (Wildman–Crippen MR) is 111 cm³/mol. The molecule has 2 nitrogen and oxygen atoms in total. The van der Waals surface area contributed by atoms with E-state index in [2.05, 4.69) is 102 Å². The van der Waals surface area contributed by atoms with Crippen LogP contribution in [-0.2, 0) is 5.54 Å². The zero-order valence-corrected chi connectivity index (χ0v) is 15.4. The molecule has 2 N–H and O–H groups in total. The van der Waals surface area contributed by atoms with Crippen molar-refractivity contribution in [1.82, 2.24) is 5.32 Å². The number of aliphatic hydroxyl groups excluding tert-OH is 1. The summed E-state index contributed by atoms with van der Waals surface area (Å²) in [6.45, 7) is 0.146. The predicted octanol–water partition coefficient (Wildman–Crippen LogP) is 4.65. The fraction of sp³-hybridized carbons (Fsp3) is 0.200. The lowest BCUT2D eigenvalue weighted by molar-refractivity contribution is 0.321. The maximum atomic E-state index is 9.54. The molecule has 3 aromatic rings. The Balaban J connectivity index is 1.87. The van der Waals surface area contributed by atoms with Crippen molar-refractivity contribution in [2.75, 3.05) is 6.61 Å². The molecule has 4 rings (SSSR count). The van der Waals surface area contributed by atoms with Gasteiger partial charge in [0.15, 0.2) is 0 Å². The van der Waals surface area contributed by atoms with Gasteiger partial charge in [0, 0.05) is 6.04 Å². The van der Waals surface area contributed by atoms with Gasteiger partial charge in [0.05, 0.1) is 12.1 Å². The number of rotatable bonds is 6. The van der Waals surface area contributed by atoms with Crippen molar-refractivity contribution >= 4 is 0 Å². The van der Waals surface area contributed by atoms with E-state index in [9.17, 15) is 5.11 Å². The third-order valence-corrected chi connectivity index (χ3v) is 5.44. The SMILES string of the molecule is OCC1=CC[C@H](NC(c2ccccc2)(c2ccccc2)c2ccccc2)C1. The molecule has 1 atom stereocenters. The highest BCUT2D eigenvalue weighted by atomic mass is 16.3. The molecule has 2 heteroatoms. The van der Waals surface area contributed by atoms with Crippen molar-refractivity contribution in [3.63, 3.8) is 0 Å². The number of benzene rings is 3. The van der Waals surface area contributed by atoms with E-state index in [-0.39, 0.29) is 12.6 Å². The van der Waals surface area contributed by atoms with Gasteiger partial charge < -0.3 is 5.11 Å². The van der Waals surface area contributed by atoms with Crippen LogP contribution < -0.4 is 5.32 Å². The number of hydrogen-bond donors (Lipinski definition) is 2. The minimum atomic E-state index is -0.437. The normalized spacial score (nSPS) is 16.9. The van der Waals surface area contributed by atoms with E-state index in [4.69, 9.17) is 0 Å². The molecule has 0 amide bonds. The Bertz CT molecular complexity index is 791. The van der Waals surface area contributed by atoms with Crippen LogP contribution in [0.4, 0.5) is 0 Å². The van der Waals surface area contributed by atoms with Crippen LogP contribution in [-0.4, -0.2) is 17.8 Å². The van der Waals surface area contributed by atoms with Crippen LogP contribution in [0.2, 0.25) is 0 Å². The smallest absolute Gasteiger partial charge is 0.0950 e. The van der Waals surface area contributed by atoms with Crippen LogP contribution in [0.3, 0.4) is 0 Å². The summed E-state index contributed by atoms with van der Waals surface area (Å²) >= 11 is 0. The van der Waals surface area contributed by atoms with Gasteiger partial charge in [0.2, 0.25) is 0 Å². The highest BCUT2D eigenvalue weighted by Crippen LogP contribution is 2.38. The minimum absolute atomic E-state index is 0.146. The molecule has 0 heterocycles. The molecule has 0 fully saturated rings. The van der Waals surface area contributed by atoms with Crippen molar-refractivity contribution in [3.05, 3.63) is 119 Å². The van der Waals surface area contributed by atoms with Crippen molar-refractivity contribution in [3.8, 4) is 0 Å². The van der Waals surface area contributed by atoms with Gasteiger partial charge >= 0.3 is 0 Å². The van der Waals surface area contributed by atoms with Crippen LogP contribution in [0, 0.1) is 0 Å². The van der Waals surface area contributed by atoms with Crippen molar-refractivity contribution in [2.45, 2.75) is 24.4 Å². The first-order chi connectivity index (χ1) is 13.3. The molecule has 3 aromatic carbocycles. The van der Waals surface area contributed by atoms with Crippen LogP contribution in [0.5, 0.6) is 0 Å². The molecule has 0 bridgehead atoms. The van der Waals surface area contributed by atoms with Crippen molar-refractivity contribution in [2.24, 2.45) is 0 Å². The third-order valence-electron chi connectivity index (χ3n) is 5.44. The molecular formula is C25H25NO. The molecule has 0 saturated heterocycles. The van der Waals surface area contributed by atoms with Gasteiger partial charge in [-0.2, -0.15) is 0 Å². The summed E-state index contributed by atoms with van der Waals surface area (Å²) in [6.07, 6.45) is 3.98. The van der Waals surface area contributed by atoms with Crippen LogP contribution in [0.15, 0.2) is 103 Å². The Hall–Kier alpha value is -2.68. The average molecular weight is 355 g/mol. The molecule has 0 unspecified atom stereocenters. The number of aliphatic hydroxyl groups is 1. The monoisotopic (exact) mass is 355 g/mol. The highest BCUT2D eigenvalue weighted by molar-refractivity contribution is 5.49. The van der Waals surface area contributed by atoms with E-state index in [0.717, 1.165) is 18.4 Å². The lowest BCUT2D eigenvalue weighted by Crippen LogP contribution is -2.49. The van der Waals surface area contributed by atoms with Gasteiger partial charge in [-0.05, 0) is 35.1 Å². The molecule has 0 saturated carbocycles. The zero-order valence-electron chi connectivity index (χ0n) is 15.4. The lowest BCUT2D eigenvalue weighted by Gasteiger charge is -2.39. The number of hydrogen-bond acceptors (Lipinski definition) is 2. The Morgan fingerprint density at radius 1 is 0.741 bits per heavy atom. The summed E-state index contributed by atoms with van der Waals surface area (Å²) in [5.41, 5.74) is 4.35. The number of nitrogens with one attached hydrogen (secondary N) is 1. The molecule has 1 aliphatic rings. The van der Waals surface area contributed by atoms with Crippen LogP contribution in [0.1, 0.15) is 29.5 Å². The Labute approximate surface area is 161 Å². The summed E-state index contributed by atoms with van der Waals surface area (Å²) in [5.74, 6) is 0. The summed E-state index contributed by atoms with van der Waals surface area (Å²) < 4.78 is 0. The largest absolute Gasteiger partial charge is 0.392 e. The first-order valence-electron chi connectivity index (χ1n) is 9.56. The molecule has 0 aliphatic heterocycles. The zero-order chi connectivity index (χ0) is 18.5. The van der Waals surface area contributed by atoms with E-state index in [1.54, 1.807) is 0 Å². The van der Waals surface area contributed by atoms with E-state index < -0.39 is 5.54 Å². The molecule has 0 spiro atoms. The van der Waals surface area contributed by atoms with Crippen molar-refractivity contribution < 1.29 is 5.11 Å². The van der Waals surface area contributed by atoms with Crippen molar-refractivity contribution in [1.29, 1.82) is 0 Å². The molecule has 1 aliphatic carbocycles. The van der Waals surface area contributed by atoms with Gasteiger partial charge in [0.25, 0.3) is 0 Å². The van der Waals surface area contributed by atoms with E-state index in [0.29, 0.717) is 0 Å². The standard InChI is InChI=1S/C25H25NO/c27-19-20-16-17-24(18-20)26-25(21-10-4-1-5-11-21,22-12-6-2-7-13-22)23-14-8-3-9-15-23/h1-16,24,26-27H,17-19H2/t24-/m0/s1. The second-order valence-corrected chi connectivity index (χ2v) is 7.15. The quantitative estimate of drug-likeness (QED) is 0.498. The first-order valence-corrected chi connectivity index (χ1v) is 9.56. The Morgan fingerprint density at radius 2 is 1.19 bits per heavy atom. The highest BCUT2D eigenvalue weighted by Gasteiger charge is 2.38. The van der Waals surface area contributed by atoms with Crippen LogP contribution in [0.25, 0.3) is 0 Å². The minimum Gasteiger partial charge on any atom is -0.392 e. The fourth-order valence-electron chi connectivity index (χ4n) is 4.15. The van der Waals surface area contributed by atoms with E-state index >= 15 is 0 Å². The molecule has 136 valence electrons. The molecular weight excluding hydrogens is 330 g/mol.